The highest BCUT2D eigenvalue weighted by Crippen LogP contribution is 1.97. The second-order valence-corrected chi connectivity index (χ2v) is 4.64. The molecule has 15 heavy (non-hydrogen) atoms. The fourth-order valence-corrected chi connectivity index (χ4v) is 0.868. The molecule has 0 bridgehead atoms. The van der Waals surface area contributed by atoms with Gasteiger partial charge in [0.2, 0.25) is 0 Å². The van der Waals surface area contributed by atoms with E-state index in [0.717, 1.165) is 5.57 Å². The monoisotopic (exact) mass is 214 g/mol. The highest BCUT2D eigenvalue weighted by Gasteiger charge is 2.12. The number of urea groups is 1. The molecule has 0 unspecified atom stereocenters. The van der Waals surface area contributed by atoms with Crippen LogP contribution in [0.5, 0.6) is 0 Å². The second-order valence-electron chi connectivity index (χ2n) is 4.64. The van der Waals surface area contributed by atoms with E-state index in [9.17, 15) is 4.79 Å². The van der Waals surface area contributed by atoms with Crippen molar-refractivity contribution in [2.75, 3.05) is 19.8 Å². The third-order valence-electron chi connectivity index (χ3n) is 1.37. The molecule has 2 amide bonds. The van der Waals surface area contributed by atoms with Crippen LogP contribution in [0, 0.1) is 0 Å². The van der Waals surface area contributed by atoms with Crippen LogP contribution in [0.15, 0.2) is 12.2 Å². The number of hydrogen-bond donors (Lipinski definition) is 2. The van der Waals surface area contributed by atoms with E-state index in [2.05, 4.69) is 17.2 Å². The molecule has 0 fully saturated rings. The van der Waals surface area contributed by atoms with Gasteiger partial charge in [-0.1, -0.05) is 12.2 Å². The first kappa shape index (κ1) is 14.0. The summed E-state index contributed by atoms with van der Waals surface area (Å²) >= 11 is 0. The van der Waals surface area contributed by atoms with E-state index in [-0.39, 0.29) is 11.6 Å². The molecule has 0 aromatic rings. The molecule has 4 nitrogen and oxygen atoms in total. The molecule has 0 aliphatic heterocycles. The van der Waals surface area contributed by atoms with Crippen LogP contribution in [0.2, 0.25) is 0 Å². The lowest BCUT2D eigenvalue weighted by Crippen LogP contribution is -2.47. The number of carbonyl (C=O) groups excluding carboxylic acids is 1. The predicted molar refractivity (Wildman–Crippen MR) is 61.9 cm³/mol. The van der Waals surface area contributed by atoms with Crippen molar-refractivity contribution in [3.05, 3.63) is 12.2 Å². The lowest BCUT2D eigenvalue weighted by molar-refractivity contribution is 0.157. The van der Waals surface area contributed by atoms with Gasteiger partial charge in [-0.25, -0.2) is 4.79 Å². The lowest BCUT2D eigenvalue weighted by Gasteiger charge is -2.20. The van der Waals surface area contributed by atoms with Gasteiger partial charge < -0.3 is 15.4 Å². The van der Waals surface area contributed by atoms with Crippen molar-refractivity contribution in [3.8, 4) is 0 Å². The third kappa shape index (κ3) is 10.9. The summed E-state index contributed by atoms with van der Waals surface area (Å²) in [5.41, 5.74) is 0.775. The topological polar surface area (TPSA) is 50.4 Å². The van der Waals surface area contributed by atoms with Crippen molar-refractivity contribution < 1.29 is 9.53 Å². The first-order valence-corrected chi connectivity index (χ1v) is 5.09. The van der Waals surface area contributed by atoms with E-state index in [1.807, 2.05) is 27.7 Å². The van der Waals surface area contributed by atoms with Crippen LogP contribution in [-0.4, -0.2) is 31.3 Å². The number of ether oxygens (including phenoxy) is 1. The van der Waals surface area contributed by atoms with Gasteiger partial charge in [0.15, 0.2) is 0 Å². The van der Waals surface area contributed by atoms with Crippen LogP contribution in [0.3, 0.4) is 0 Å². The van der Waals surface area contributed by atoms with Gasteiger partial charge in [0.1, 0.15) is 0 Å². The molecule has 0 aromatic carbocycles. The summed E-state index contributed by atoms with van der Waals surface area (Å²) in [6.07, 6.45) is 0. The third-order valence-corrected chi connectivity index (χ3v) is 1.37. The molecule has 0 rings (SSSR count). The maximum atomic E-state index is 11.3. The van der Waals surface area contributed by atoms with Crippen LogP contribution in [0.4, 0.5) is 4.79 Å². The zero-order valence-electron chi connectivity index (χ0n) is 10.1. The van der Waals surface area contributed by atoms with E-state index in [1.54, 1.807) is 0 Å². The largest absolute Gasteiger partial charge is 0.375 e. The van der Waals surface area contributed by atoms with Gasteiger partial charge >= 0.3 is 6.03 Å². The SMILES string of the molecule is C=C(C)COCCNC(=O)NC(C)(C)C. The smallest absolute Gasteiger partial charge is 0.315 e. The minimum Gasteiger partial charge on any atom is -0.375 e. The number of hydrogen-bond acceptors (Lipinski definition) is 2. The van der Waals surface area contributed by atoms with E-state index < -0.39 is 0 Å². The molecular weight excluding hydrogens is 192 g/mol. The zero-order valence-corrected chi connectivity index (χ0v) is 10.1. The van der Waals surface area contributed by atoms with Gasteiger partial charge in [-0.05, 0) is 27.7 Å². The average Bonchev–Trinajstić information content (AvgIpc) is 1.99. The summed E-state index contributed by atoms with van der Waals surface area (Å²) in [7, 11) is 0. The molecule has 2 N–H and O–H groups in total. The molecular formula is C11H22N2O2. The quantitative estimate of drug-likeness (QED) is 0.540. The standard InChI is InChI=1S/C11H22N2O2/c1-9(2)8-15-7-6-12-10(14)13-11(3,4)5/h1,6-8H2,2-5H3,(H2,12,13,14). The number of amides is 2. The van der Waals surface area contributed by atoms with E-state index in [0.29, 0.717) is 19.8 Å². The fraction of sp³-hybridized carbons (Fsp3) is 0.727. The molecule has 4 heteroatoms. The minimum atomic E-state index is -0.206. The van der Waals surface area contributed by atoms with Crippen molar-refractivity contribution in [1.82, 2.24) is 10.6 Å². The van der Waals surface area contributed by atoms with Gasteiger partial charge in [-0.15, -0.1) is 0 Å². The zero-order chi connectivity index (χ0) is 11.9. The maximum absolute atomic E-state index is 11.3. The van der Waals surface area contributed by atoms with Gasteiger partial charge in [0.25, 0.3) is 0 Å². The molecule has 0 aliphatic rings. The van der Waals surface area contributed by atoms with E-state index in [1.165, 1.54) is 0 Å². The molecule has 0 spiro atoms. The Morgan fingerprint density at radius 1 is 1.40 bits per heavy atom. The van der Waals surface area contributed by atoms with Gasteiger partial charge in [-0.3, -0.25) is 0 Å². The molecule has 0 aliphatic carbocycles. The summed E-state index contributed by atoms with van der Waals surface area (Å²) in [4.78, 5) is 11.3. The second kappa shape index (κ2) is 6.45. The highest BCUT2D eigenvalue weighted by molar-refractivity contribution is 5.74. The first-order valence-electron chi connectivity index (χ1n) is 5.09. The molecule has 0 heterocycles. The molecule has 88 valence electrons. The summed E-state index contributed by atoms with van der Waals surface area (Å²) < 4.78 is 5.23. The van der Waals surface area contributed by atoms with Crippen molar-refractivity contribution in [3.63, 3.8) is 0 Å². The Bertz CT molecular complexity index is 219. The van der Waals surface area contributed by atoms with Gasteiger partial charge in [0.05, 0.1) is 13.2 Å². The minimum absolute atomic E-state index is 0.165. The summed E-state index contributed by atoms with van der Waals surface area (Å²) in [5.74, 6) is 0. The van der Waals surface area contributed by atoms with Crippen LogP contribution < -0.4 is 10.6 Å². The Kier molecular flexibility index (Phi) is 6.01. The van der Waals surface area contributed by atoms with Gasteiger partial charge in [-0.2, -0.15) is 0 Å². The van der Waals surface area contributed by atoms with Crippen molar-refractivity contribution >= 4 is 6.03 Å². The number of nitrogens with one attached hydrogen (secondary N) is 2. The average molecular weight is 214 g/mol. The first-order chi connectivity index (χ1) is 6.81. The molecule has 0 saturated carbocycles. The Labute approximate surface area is 92.1 Å². The van der Waals surface area contributed by atoms with Crippen LogP contribution in [-0.2, 0) is 4.74 Å². The molecule has 0 atom stereocenters. The van der Waals surface area contributed by atoms with Crippen LogP contribution in [0.25, 0.3) is 0 Å². The molecule has 0 saturated heterocycles. The van der Waals surface area contributed by atoms with Crippen molar-refractivity contribution in [1.29, 1.82) is 0 Å². The summed E-state index contributed by atoms with van der Waals surface area (Å²) in [6, 6.07) is -0.165. The van der Waals surface area contributed by atoms with Crippen molar-refractivity contribution in [2.45, 2.75) is 33.2 Å². The van der Waals surface area contributed by atoms with Gasteiger partial charge in [0, 0.05) is 12.1 Å². The fourth-order valence-electron chi connectivity index (χ4n) is 0.868. The molecule has 0 aromatic heterocycles. The predicted octanol–water partition coefficient (Wildman–Crippen LogP) is 1.68. The Morgan fingerprint density at radius 2 is 2.00 bits per heavy atom. The summed E-state index contributed by atoms with van der Waals surface area (Å²) in [6.45, 7) is 13.0. The Balaban J connectivity index is 3.44. The Morgan fingerprint density at radius 3 is 2.47 bits per heavy atom. The van der Waals surface area contributed by atoms with Crippen LogP contribution in [0.1, 0.15) is 27.7 Å². The Hall–Kier alpha value is -1.03. The summed E-state index contributed by atoms with van der Waals surface area (Å²) in [5, 5.41) is 5.50. The lowest BCUT2D eigenvalue weighted by atomic mass is 10.1. The number of carbonyl (C=O) groups is 1. The maximum Gasteiger partial charge on any atom is 0.315 e. The highest BCUT2D eigenvalue weighted by atomic mass is 16.5. The van der Waals surface area contributed by atoms with Crippen molar-refractivity contribution in [2.24, 2.45) is 0 Å². The van der Waals surface area contributed by atoms with E-state index in [4.69, 9.17) is 4.74 Å². The van der Waals surface area contributed by atoms with Crippen LogP contribution >= 0.6 is 0 Å². The normalized spacial score (nSPS) is 10.9. The number of rotatable bonds is 5. The molecule has 0 radical (unpaired) electrons. The van der Waals surface area contributed by atoms with E-state index >= 15 is 0 Å².